The van der Waals surface area contributed by atoms with Crippen LogP contribution in [0.1, 0.15) is 37.4 Å². The maximum Gasteiger partial charge on any atom is 0.137 e. The molecule has 1 atom stereocenters. The Labute approximate surface area is 120 Å². The molecule has 2 aromatic heterocycles. The highest BCUT2D eigenvalue weighted by Crippen LogP contribution is 2.22. The number of hydrogen-bond donors (Lipinski definition) is 1. The van der Waals surface area contributed by atoms with Crippen LogP contribution < -0.4 is 0 Å². The molecule has 1 aliphatic heterocycles. The van der Waals surface area contributed by atoms with Gasteiger partial charge >= 0.3 is 0 Å². The lowest BCUT2D eigenvalue weighted by molar-refractivity contribution is 0.0444. The maximum atomic E-state index is 10.1. The lowest BCUT2D eigenvalue weighted by Crippen LogP contribution is -2.28. The van der Waals surface area contributed by atoms with Gasteiger partial charge in [-0.3, -0.25) is 4.90 Å². The molecule has 0 saturated carbocycles. The number of likely N-dealkylation sites (tertiary alicyclic amines) is 1. The summed E-state index contributed by atoms with van der Waals surface area (Å²) in [6, 6.07) is 4.15. The Morgan fingerprint density at radius 1 is 1.25 bits per heavy atom. The summed E-state index contributed by atoms with van der Waals surface area (Å²) in [5.74, 6) is 0. The van der Waals surface area contributed by atoms with Gasteiger partial charge in [-0.1, -0.05) is 6.07 Å². The van der Waals surface area contributed by atoms with Gasteiger partial charge in [0.1, 0.15) is 5.65 Å². The number of pyridine rings is 1. The Hall–Kier alpha value is -1.39. The fourth-order valence-electron chi connectivity index (χ4n) is 2.94. The first-order valence-corrected chi connectivity index (χ1v) is 7.41. The lowest BCUT2D eigenvalue weighted by atomic mass is 9.98. The van der Waals surface area contributed by atoms with Crippen LogP contribution in [-0.4, -0.2) is 38.1 Å². The summed E-state index contributed by atoms with van der Waals surface area (Å²) >= 11 is 0. The molecule has 0 spiro atoms. The van der Waals surface area contributed by atoms with Crippen LogP contribution in [-0.2, 0) is 6.54 Å². The van der Waals surface area contributed by atoms with Gasteiger partial charge in [-0.15, -0.1) is 0 Å². The van der Waals surface area contributed by atoms with Crippen molar-refractivity contribution in [2.75, 3.05) is 13.1 Å². The number of aromatic nitrogens is 2. The first-order valence-electron chi connectivity index (χ1n) is 7.41. The predicted molar refractivity (Wildman–Crippen MR) is 79.7 cm³/mol. The molecule has 4 nitrogen and oxygen atoms in total. The number of hydrogen-bond acceptors (Lipinski definition) is 3. The topological polar surface area (TPSA) is 40.8 Å². The largest absolute Gasteiger partial charge is 0.390 e. The highest BCUT2D eigenvalue weighted by molar-refractivity contribution is 5.41. The Bertz CT molecular complexity index is 603. The molecule has 1 aliphatic rings. The van der Waals surface area contributed by atoms with Crippen molar-refractivity contribution in [3.8, 4) is 0 Å². The number of aliphatic hydroxyl groups is 1. The van der Waals surface area contributed by atoms with Gasteiger partial charge in [0.25, 0.3) is 0 Å². The van der Waals surface area contributed by atoms with Crippen LogP contribution in [0.2, 0.25) is 0 Å². The molecule has 1 N–H and O–H groups in total. The lowest BCUT2D eigenvalue weighted by Gasteiger charge is -2.21. The normalized spacial score (nSPS) is 24.9. The third-order valence-corrected chi connectivity index (χ3v) is 4.19. The molecule has 1 fully saturated rings. The molecule has 3 heterocycles. The van der Waals surface area contributed by atoms with Crippen LogP contribution in [0.25, 0.3) is 5.65 Å². The van der Waals surface area contributed by atoms with Gasteiger partial charge in [-0.2, -0.15) is 0 Å². The summed E-state index contributed by atoms with van der Waals surface area (Å²) < 4.78 is 2.10. The average molecular weight is 273 g/mol. The van der Waals surface area contributed by atoms with Gasteiger partial charge in [-0.05, 0) is 51.3 Å². The number of fused-ring (bicyclic) bond motifs is 1. The van der Waals surface area contributed by atoms with E-state index in [9.17, 15) is 5.11 Å². The molecular weight excluding hydrogens is 250 g/mol. The van der Waals surface area contributed by atoms with Crippen LogP contribution in [0.15, 0.2) is 24.5 Å². The molecule has 0 aromatic carbocycles. The second-order valence-corrected chi connectivity index (χ2v) is 6.33. The second-order valence-electron chi connectivity index (χ2n) is 6.33. The minimum Gasteiger partial charge on any atom is -0.390 e. The molecule has 108 valence electrons. The van der Waals surface area contributed by atoms with Crippen molar-refractivity contribution >= 4 is 5.65 Å². The van der Waals surface area contributed by atoms with Crippen molar-refractivity contribution in [2.45, 2.75) is 45.3 Å². The molecule has 3 rings (SSSR count). The zero-order valence-corrected chi connectivity index (χ0v) is 12.3. The smallest absolute Gasteiger partial charge is 0.137 e. The van der Waals surface area contributed by atoms with Gasteiger partial charge in [0.15, 0.2) is 0 Å². The second kappa shape index (κ2) is 5.19. The molecule has 4 heteroatoms. The fraction of sp³-hybridized carbons (Fsp3) is 0.562. The van der Waals surface area contributed by atoms with Crippen LogP contribution in [0, 0.1) is 6.92 Å². The number of nitrogens with zero attached hydrogens (tertiary/aromatic N) is 3. The minimum absolute atomic E-state index is 0.495. The summed E-state index contributed by atoms with van der Waals surface area (Å²) in [5, 5.41) is 10.1. The van der Waals surface area contributed by atoms with Crippen molar-refractivity contribution < 1.29 is 5.11 Å². The summed E-state index contributed by atoms with van der Waals surface area (Å²) in [6.45, 7) is 6.90. The fourth-order valence-corrected chi connectivity index (χ4v) is 2.94. The molecule has 0 aliphatic carbocycles. The van der Waals surface area contributed by atoms with Crippen LogP contribution in [0.5, 0.6) is 0 Å². The van der Waals surface area contributed by atoms with Gasteiger partial charge in [0, 0.05) is 25.5 Å². The van der Waals surface area contributed by atoms with E-state index in [2.05, 4.69) is 45.7 Å². The summed E-state index contributed by atoms with van der Waals surface area (Å²) in [5.41, 5.74) is 2.86. The monoisotopic (exact) mass is 273 g/mol. The van der Waals surface area contributed by atoms with E-state index >= 15 is 0 Å². The Morgan fingerprint density at radius 2 is 2.10 bits per heavy atom. The van der Waals surface area contributed by atoms with E-state index in [1.807, 2.05) is 6.92 Å². The zero-order chi connectivity index (χ0) is 14.2. The van der Waals surface area contributed by atoms with E-state index in [4.69, 9.17) is 0 Å². The Morgan fingerprint density at radius 3 is 2.95 bits per heavy atom. The predicted octanol–water partition coefficient (Wildman–Crippen LogP) is 2.38. The van der Waals surface area contributed by atoms with Crippen molar-refractivity contribution in [2.24, 2.45) is 0 Å². The van der Waals surface area contributed by atoms with Gasteiger partial charge in [0.2, 0.25) is 0 Å². The van der Waals surface area contributed by atoms with E-state index in [-0.39, 0.29) is 0 Å². The van der Waals surface area contributed by atoms with E-state index in [1.54, 1.807) is 0 Å². The van der Waals surface area contributed by atoms with Crippen LogP contribution in [0.4, 0.5) is 0 Å². The average Bonchev–Trinajstić information content (AvgIpc) is 2.68. The molecule has 0 amide bonds. The Kier molecular flexibility index (Phi) is 3.52. The van der Waals surface area contributed by atoms with E-state index in [0.717, 1.165) is 50.2 Å². The molecule has 1 saturated heterocycles. The molecular formula is C16H23N3O. The molecule has 1 unspecified atom stereocenters. The standard InChI is InChI=1S/C16H23N3O/c1-13-4-5-15-17-14(12-19(15)10-13)11-18-8-3-6-16(2,20)7-9-18/h4-5,10,12,20H,3,6-9,11H2,1-2H3. The quantitative estimate of drug-likeness (QED) is 0.913. The first-order chi connectivity index (χ1) is 9.52. The van der Waals surface area contributed by atoms with Gasteiger partial charge in [0.05, 0.1) is 11.3 Å². The molecule has 2 aromatic rings. The third-order valence-electron chi connectivity index (χ3n) is 4.19. The van der Waals surface area contributed by atoms with Crippen molar-refractivity contribution in [3.05, 3.63) is 35.8 Å². The zero-order valence-electron chi connectivity index (χ0n) is 12.3. The van der Waals surface area contributed by atoms with Crippen LogP contribution in [0.3, 0.4) is 0 Å². The highest BCUT2D eigenvalue weighted by atomic mass is 16.3. The molecule has 0 radical (unpaired) electrons. The number of rotatable bonds is 2. The highest BCUT2D eigenvalue weighted by Gasteiger charge is 2.25. The summed E-state index contributed by atoms with van der Waals surface area (Å²) in [4.78, 5) is 7.07. The third kappa shape index (κ3) is 3.02. The van der Waals surface area contributed by atoms with Crippen molar-refractivity contribution in [3.63, 3.8) is 0 Å². The SMILES string of the molecule is Cc1ccc2nc(CN3CCCC(C)(O)CC3)cn2c1. The van der Waals surface area contributed by atoms with Crippen molar-refractivity contribution in [1.29, 1.82) is 0 Å². The Balaban J connectivity index is 1.72. The molecule has 0 bridgehead atoms. The van der Waals surface area contributed by atoms with E-state index in [0.29, 0.717) is 0 Å². The molecule has 20 heavy (non-hydrogen) atoms. The summed E-state index contributed by atoms with van der Waals surface area (Å²) in [7, 11) is 0. The van der Waals surface area contributed by atoms with E-state index in [1.165, 1.54) is 5.56 Å². The van der Waals surface area contributed by atoms with Crippen molar-refractivity contribution in [1.82, 2.24) is 14.3 Å². The van der Waals surface area contributed by atoms with Gasteiger partial charge < -0.3 is 9.51 Å². The van der Waals surface area contributed by atoms with Gasteiger partial charge in [-0.25, -0.2) is 4.98 Å². The number of aryl methyl sites for hydroxylation is 1. The maximum absolute atomic E-state index is 10.1. The van der Waals surface area contributed by atoms with E-state index < -0.39 is 5.60 Å². The van der Waals surface area contributed by atoms with Crippen LogP contribution >= 0.6 is 0 Å². The minimum atomic E-state index is -0.495. The first kappa shape index (κ1) is 13.6. The number of imidazole rings is 1. The summed E-state index contributed by atoms with van der Waals surface area (Å²) in [6.07, 6.45) is 7.03.